The normalized spacial score (nSPS) is 12.3. The minimum absolute atomic E-state index is 0.370. The molecule has 0 bridgehead atoms. The third-order valence-electron chi connectivity index (χ3n) is 3.39. The summed E-state index contributed by atoms with van der Waals surface area (Å²) in [7, 11) is 2.09. The van der Waals surface area contributed by atoms with E-state index in [0.29, 0.717) is 12.6 Å². The lowest BCUT2D eigenvalue weighted by Crippen LogP contribution is -2.35. The molecule has 0 radical (unpaired) electrons. The number of anilines is 2. The lowest BCUT2D eigenvalue weighted by atomic mass is 10.2. The van der Waals surface area contributed by atoms with Gasteiger partial charge >= 0.3 is 0 Å². The smallest absolute Gasteiger partial charge is 0.0380 e. The van der Waals surface area contributed by atoms with Gasteiger partial charge in [-0.1, -0.05) is 0 Å². The number of hydrogen-bond donors (Lipinski definition) is 1. The Bertz CT molecular complexity index is 317. The van der Waals surface area contributed by atoms with Crippen molar-refractivity contribution in [1.29, 1.82) is 0 Å². The fourth-order valence-electron chi connectivity index (χ4n) is 1.90. The van der Waals surface area contributed by atoms with Crippen molar-refractivity contribution in [3.8, 4) is 0 Å². The third-order valence-corrected chi connectivity index (χ3v) is 3.39. The molecule has 0 spiro atoms. The molecule has 17 heavy (non-hydrogen) atoms. The molecule has 0 aliphatic carbocycles. The van der Waals surface area contributed by atoms with E-state index in [2.05, 4.69) is 61.9 Å². The number of likely N-dealkylation sites (N-methyl/N-ethyl adjacent to an activating group) is 1. The number of nitrogens with two attached hydrogens (primary N) is 1. The molecule has 3 heteroatoms. The van der Waals surface area contributed by atoms with Crippen LogP contribution in [0.5, 0.6) is 0 Å². The Morgan fingerprint density at radius 1 is 1.06 bits per heavy atom. The monoisotopic (exact) mass is 235 g/mol. The van der Waals surface area contributed by atoms with Crippen molar-refractivity contribution in [3.63, 3.8) is 0 Å². The topological polar surface area (TPSA) is 32.5 Å². The Kier molecular flexibility index (Phi) is 5.29. The first-order valence-electron chi connectivity index (χ1n) is 6.41. The lowest BCUT2D eigenvalue weighted by molar-refractivity contribution is 0.695. The van der Waals surface area contributed by atoms with E-state index in [1.807, 2.05) is 0 Å². The zero-order chi connectivity index (χ0) is 12.8. The number of nitrogens with zero attached hydrogens (tertiary/aromatic N) is 2. The van der Waals surface area contributed by atoms with Crippen molar-refractivity contribution < 1.29 is 0 Å². The first kappa shape index (κ1) is 13.8. The molecule has 0 aliphatic heterocycles. The molecule has 1 rings (SSSR count). The van der Waals surface area contributed by atoms with Crippen LogP contribution in [0.4, 0.5) is 11.4 Å². The molecule has 0 saturated carbocycles. The molecule has 2 N–H and O–H groups in total. The summed E-state index contributed by atoms with van der Waals surface area (Å²) in [5, 5.41) is 0. The Morgan fingerprint density at radius 2 is 1.53 bits per heavy atom. The quantitative estimate of drug-likeness (QED) is 0.821. The molecule has 96 valence electrons. The SMILES string of the molecule is CCN(CC)c1ccc(N(C)C(C)CN)cc1. The van der Waals surface area contributed by atoms with Gasteiger partial charge in [-0.05, 0) is 45.0 Å². The minimum Gasteiger partial charge on any atom is -0.372 e. The van der Waals surface area contributed by atoms with Crippen LogP contribution in [0.3, 0.4) is 0 Å². The molecule has 0 heterocycles. The van der Waals surface area contributed by atoms with Crippen LogP contribution in [0, 0.1) is 0 Å². The molecule has 0 aliphatic rings. The number of benzene rings is 1. The molecule has 3 nitrogen and oxygen atoms in total. The van der Waals surface area contributed by atoms with E-state index in [0.717, 1.165) is 13.1 Å². The second kappa shape index (κ2) is 6.50. The summed E-state index contributed by atoms with van der Waals surface area (Å²) in [5.41, 5.74) is 8.19. The molecule has 0 aromatic heterocycles. The highest BCUT2D eigenvalue weighted by atomic mass is 15.1. The fourth-order valence-corrected chi connectivity index (χ4v) is 1.90. The third kappa shape index (κ3) is 3.37. The van der Waals surface area contributed by atoms with Gasteiger partial charge in [-0.3, -0.25) is 0 Å². The van der Waals surface area contributed by atoms with E-state index >= 15 is 0 Å². The van der Waals surface area contributed by atoms with Gasteiger partial charge in [0.05, 0.1) is 0 Å². The van der Waals surface area contributed by atoms with Crippen LogP contribution in [0.2, 0.25) is 0 Å². The maximum atomic E-state index is 5.68. The van der Waals surface area contributed by atoms with Gasteiger partial charge in [0, 0.05) is 44.1 Å². The van der Waals surface area contributed by atoms with E-state index in [1.165, 1.54) is 11.4 Å². The Labute approximate surface area is 105 Å². The molecule has 1 aromatic carbocycles. The summed E-state index contributed by atoms with van der Waals surface area (Å²) in [5.74, 6) is 0. The van der Waals surface area contributed by atoms with E-state index in [-0.39, 0.29) is 0 Å². The largest absolute Gasteiger partial charge is 0.372 e. The fraction of sp³-hybridized carbons (Fsp3) is 0.571. The van der Waals surface area contributed by atoms with E-state index in [9.17, 15) is 0 Å². The molecule has 0 fully saturated rings. The predicted octanol–water partition coefficient (Wildman–Crippen LogP) is 2.32. The van der Waals surface area contributed by atoms with Crippen LogP contribution in [0.25, 0.3) is 0 Å². The van der Waals surface area contributed by atoms with Crippen molar-refractivity contribution >= 4 is 11.4 Å². The molecule has 0 amide bonds. The van der Waals surface area contributed by atoms with E-state index in [1.54, 1.807) is 0 Å². The Balaban J connectivity index is 2.80. The highest BCUT2D eigenvalue weighted by Crippen LogP contribution is 2.20. The summed E-state index contributed by atoms with van der Waals surface area (Å²) >= 11 is 0. The van der Waals surface area contributed by atoms with Crippen molar-refractivity contribution in [2.75, 3.05) is 36.5 Å². The Morgan fingerprint density at radius 3 is 1.94 bits per heavy atom. The van der Waals surface area contributed by atoms with Gasteiger partial charge in [-0.25, -0.2) is 0 Å². The summed E-state index contributed by atoms with van der Waals surface area (Å²) in [6, 6.07) is 9.07. The molecule has 1 atom stereocenters. The van der Waals surface area contributed by atoms with Crippen molar-refractivity contribution in [2.45, 2.75) is 26.8 Å². The zero-order valence-electron chi connectivity index (χ0n) is 11.5. The second-order valence-electron chi connectivity index (χ2n) is 4.38. The van der Waals surface area contributed by atoms with Crippen LogP contribution in [0.15, 0.2) is 24.3 Å². The van der Waals surface area contributed by atoms with Crippen molar-refractivity contribution in [1.82, 2.24) is 0 Å². The first-order chi connectivity index (χ1) is 8.13. The summed E-state index contributed by atoms with van der Waals surface area (Å²) in [6.07, 6.45) is 0. The predicted molar refractivity (Wildman–Crippen MR) is 76.9 cm³/mol. The standard InChI is InChI=1S/C14H25N3/c1-5-17(6-2)14-9-7-13(8-10-14)16(4)12(3)11-15/h7-10,12H,5-6,11,15H2,1-4H3. The van der Waals surface area contributed by atoms with Crippen LogP contribution in [-0.2, 0) is 0 Å². The van der Waals surface area contributed by atoms with Crippen LogP contribution in [0.1, 0.15) is 20.8 Å². The van der Waals surface area contributed by atoms with Gasteiger partial charge in [0.1, 0.15) is 0 Å². The van der Waals surface area contributed by atoms with E-state index < -0.39 is 0 Å². The molecule has 1 aromatic rings. The highest BCUT2D eigenvalue weighted by Gasteiger charge is 2.08. The van der Waals surface area contributed by atoms with Gasteiger partial charge in [0.25, 0.3) is 0 Å². The minimum atomic E-state index is 0.370. The Hall–Kier alpha value is -1.22. The molecular formula is C14H25N3. The zero-order valence-corrected chi connectivity index (χ0v) is 11.5. The lowest BCUT2D eigenvalue weighted by Gasteiger charge is -2.27. The maximum Gasteiger partial charge on any atom is 0.0380 e. The summed E-state index contributed by atoms with van der Waals surface area (Å²) in [4.78, 5) is 4.56. The maximum absolute atomic E-state index is 5.68. The van der Waals surface area contributed by atoms with Crippen molar-refractivity contribution in [3.05, 3.63) is 24.3 Å². The van der Waals surface area contributed by atoms with Gasteiger partial charge in [-0.15, -0.1) is 0 Å². The second-order valence-corrected chi connectivity index (χ2v) is 4.38. The first-order valence-corrected chi connectivity index (χ1v) is 6.41. The summed E-state index contributed by atoms with van der Waals surface area (Å²) < 4.78 is 0. The van der Waals surface area contributed by atoms with E-state index in [4.69, 9.17) is 5.73 Å². The number of rotatable bonds is 6. The molecule has 0 saturated heterocycles. The summed E-state index contributed by atoms with van der Waals surface area (Å²) in [6.45, 7) is 9.27. The van der Waals surface area contributed by atoms with Crippen molar-refractivity contribution in [2.24, 2.45) is 5.73 Å². The van der Waals surface area contributed by atoms with Gasteiger partial charge in [-0.2, -0.15) is 0 Å². The average Bonchev–Trinajstić information content (AvgIpc) is 2.39. The highest BCUT2D eigenvalue weighted by molar-refractivity contribution is 5.56. The van der Waals surface area contributed by atoms with Gasteiger partial charge in [0.15, 0.2) is 0 Å². The molecular weight excluding hydrogens is 210 g/mol. The van der Waals surface area contributed by atoms with Crippen LogP contribution < -0.4 is 15.5 Å². The van der Waals surface area contributed by atoms with Gasteiger partial charge < -0.3 is 15.5 Å². The van der Waals surface area contributed by atoms with Crippen LogP contribution in [-0.4, -0.2) is 32.7 Å². The average molecular weight is 235 g/mol. The number of hydrogen-bond acceptors (Lipinski definition) is 3. The van der Waals surface area contributed by atoms with Crippen LogP contribution >= 0.6 is 0 Å². The van der Waals surface area contributed by atoms with Gasteiger partial charge in [0.2, 0.25) is 0 Å². The molecule has 1 unspecified atom stereocenters.